The van der Waals surface area contributed by atoms with E-state index in [2.05, 4.69) is 10.6 Å². The molecule has 0 aromatic heterocycles. The minimum atomic E-state index is -3.77. The fraction of sp³-hybridized carbons (Fsp3) is 0.364. The van der Waals surface area contributed by atoms with Crippen LogP contribution < -0.4 is 15.8 Å². The van der Waals surface area contributed by atoms with Gasteiger partial charge in [-0.2, -0.15) is 0 Å². The monoisotopic (exact) mass is 444 g/mol. The van der Waals surface area contributed by atoms with Gasteiger partial charge in [-0.1, -0.05) is 18.2 Å². The highest BCUT2D eigenvalue weighted by atomic mass is 32.2. The summed E-state index contributed by atoms with van der Waals surface area (Å²) in [4.78, 5) is 26.9. The predicted molar refractivity (Wildman–Crippen MR) is 120 cm³/mol. The van der Waals surface area contributed by atoms with Crippen LogP contribution >= 0.6 is 0 Å². The zero-order chi connectivity index (χ0) is 22.6. The second kappa shape index (κ2) is 9.59. The van der Waals surface area contributed by atoms with Crippen molar-refractivity contribution in [2.75, 3.05) is 23.7 Å². The lowest BCUT2D eigenvalue weighted by molar-refractivity contribution is -0.119. The lowest BCUT2D eigenvalue weighted by atomic mass is 10.1. The largest absolute Gasteiger partial charge is 0.326 e. The number of amides is 2. The van der Waals surface area contributed by atoms with Gasteiger partial charge in [0.25, 0.3) is 0 Å². The van der Waals surface area contributed by atoms with E-state index in [1.54, 1.807) is 0 Å². The Kier molecular flexibility index (Phi) is 7.09. The maximum Gasteiger partial charge on any atom is 0.238 e. The Bertz CT molecular complexity index is 1040. The van der Waals surface area contributed by atoms with Crippen molar-refractivity contribution in [2.45, 2.75) is 44.0 Å². The molecule has 0 saturated heterocycles. The standard InChI is InChI=1S/C22H28N4O4S/c1-15-4-3-5-16(2)22(15)25-21(28)14-26(18-8-9-18)13-12-20(27)24-17-6-10-19(11-7-17)31(23,29)30/h3-7,10-11,18H,8-9,12-14H2,1-2H3,(H,24,27)(H,25,28)(H2,23,29,30). The van der Waals surface area contributed by atoms with Crippen LogP contribution in [0.25, 0.3) is 0 Å². The first-order valence-corrected chi connectivity index (χ1v) is 11.7. The number of hydrogen-bond acceptors (Lipinski definition) is 5. The van der Waals surface area contributed by atoms with Gasteiger partial charge in [-0.25, -0.2) is 13.6 Å². The Morgan fingerprint density at radius 1 is 1.00 bits per heavy atom. The molecular weight excluding hydrogens is 416 g/mol. The molecule has 2 aromatic rings. The summed E-state index contributed by atoms with van der Waals surface area (Å²) < 4.78 is 22.6. The van der Waals surface area contributed by atoms with E-state index in [1.807, 2.05) is 36.9 Å². The van der Waals surface area contributed by atoms with E-state index in [9.17, 15) is 18.0 Å². The van der Waals surface area contributed by atoms with Gasteiger partial charge in [-0.05, 0) is 62.1 Å². The molecule has 1 aliphatic rings. The number of aryl methyl sites for hydroxylation is 2. The average Bonchev–Trinajstić information content (AvgIpc) is 3.53. The third-order valence-corrected chi connectivity index (χ3v) is 6.18. The van der Waals surface area contributed by atoms with Crippen molar-refractivity contribution in [3.05, 3.63) is 53.6 Å². The smallest absolute Gasteiger partial charge is 0.238 e. The highest BCUT2D eigenvalue weighted by molar-refractivity contribution is 7.89. The summed E-state index contributed by atoms with van der Waals surface area (Å²) in [6.45, 7) is 4.61. The maximum atomic E-state index is 12.6. The van der Waals surface area contributed by atoms with Gasteiger partial charge in [-0.3, -0.25) is 14.5 Å². The van der Waals surface area contributed by atoms with Crippen LogP contribution in [0.5, 0.6) is 0 Å². The van der Waals surface area contributed by atoms with E-state index in [1.165, 1.54) is 24.3 Å². The van der Waals surface area contributed by atoms with E-state index in [4.69, 9.17) is 5.14 Å². The van der Waals surface area contributed by atoms with E-state index in [-0.39, 0.29) is 29.7 Å². The number of anilines is 2. The Morgan fingerprint density at radius 2 is 1.61 bits per heavy atom. The van der Waals surface area contributed by atoms with Crippen LogP contribution in [0.15, 0.2) is 47.4 Å². The molecule has 166 valence electrons. The van der Waals surface area contributed by atoms with Crippen LogP contribution in [-0.2, 0) is 19.6 Å². The lowest BCUT2D eigenvalue weighted by Gasteiger charge is -2.22. The number of para-hydroxylation sites is 1. The van der Waals surface area contributed by atoms with E-state index >= 15 is 0 Å². The van der Waals surface area contributed by atoms with Crippen LogP contribution in [0.3, 0.4) is 0 Å². The average molecular weight is 445 g/mol. The van der Waals surface area contributed by atoms with Gasteiger partial charge >= 0.3 is 0 Å². The number of benzene rings is 2. The molecule has 0 unspecified atom stereocenters. The van der Waals surface area contributed by atoms with Crippen LogP contribution in [0.2, 0.25) is 0 Å². The van der Waals surface area contributed by atoms with E-state index in [0.717, 1.165) is 29.7 Å². The van der Waals surface area contributed by atoms with Gasteiger partial charge in [0.2, 0.25) is 21.8 Å². The maximum absolute atomic E-state index is 12.6. The highest BCUT2D eigenvalue weighted by Crippen LogP contribution is 2.27. The molecule has 0 aliphatic heterocycles. The summed E-state index contributed by atoms with van der Waals surface area (Å²) in [5, 5.41) is 10.8. The van der Waals surface area contributed by atoms with Gasteiger partial charge < -0.3 is 10.6 Å². The molecule has 8 nitrogen and oxygen atoms in total. The summed E-state index contributed by atoms with van der Waals surface area (Å²) >= 11 is 0. The van der Waals surface area contributed by atoms with E-state index < -0.39 is 10.0 Å². The van der Waals surface area contributed by atoms with Crippen molar-refractivity contribution in [1.82, 2.24) is 4.90 Å². The Morgan fingerprint density at radius 3 is 2.16 bits per heavy atom. The molecule has 3 rings (SSSR count). The Labute approximate surface area is 182 Å². The highest BCUT2D eigenvalue weighted by Gasteiger charge is 2.30. The number of sulfonamides is 1. The van der Waals surface area contributed by atoms with Crippen LogP contribution in [-0.4, -0.2) is 44.3 Å². The number of nitrogens with two attached hydrogens (primary N) is 1. The Balaban J connectivity index is 1.52. The van der Waals surface area contributed by atoms with Crippen molar-refractivity contribution in [2.24, 2.45) is 5.14 Å². The van der Waals surface area contributed by atoms with Gasteiger partial charge in [-0.15, -0.1) is 0 Å². The molecule has 31 heavy (non-hydrogen) atoms. The molecule has 2 amide bonds. The molecule has 1 aliphatic carbocycles. The summed E-state index contributed by atoms with van der Waals surface area (Å²) in [5.41, 5.74) is 3.35. The van der Waals surface area contributed by atoms with Crippen LogP contribution in [0, 0.1) is 13.8 Å². The first kappa shape index (κ1) is 22.9. The van der Waals surface area contributed by atoms with Gasteiger partial charge in [0.1, 0.15) is 0 Å². The SMILES string of the molecule is Cc1cccc(C)c1NC(=O)CN(CCC(=O)Nc1ccc(S(N)(=O)=O)cc1)C1CC1. The number of carbonyl (C=O) groups is 2. The summed E-state index contributed by atoms with van der Waals surface area (Å²) in [6.07, 6.45) is 2.27. The molecule has 4 N–H and O–H groups in total. The number of rotatable bonds is 9. The zero-order valence-corrected chi connectivity index (χ0v) is 18.5. The van der Waals surface area contributed by atoms with Crippen molar-refractivity contribution < 1.29 is 18.0 Å². The second-order valence-corrected chi connectivity index (χ2v) is 9.45. The predicted octanol–water partition coefficient (Wildman–Crippen LogP) is 2.38. The minimum absolute atomic E-state index is 0.0136. The summed E-state index contributed by atoms with van der Waals surface area (Å²) in [7, 11) is -3.77. The molecule has 0 radical (unpaired) electrons. The molecule has 1 saturated carbocycles. The summed E-state index contributed by atoms with van der Waals surface area (Å²) in [6, 6.07) is 11.9. The minimum Gasteiger partial charge on any atom is -0.326 e. The first-order chi connectivity index (χ1) is 14.6. The molecule has 0 spiro atoms. The lowest BCUT2D eigenvalue weighted by Crippen LogP contribution is -2.37. The fourth-order valence-corrected chi connectivity index (χ4v) is 3.92. The van der Waals surface area contributed by atoms with Crippen LogP contribution in [0.4, 0.5) is 11.4 Å². The number of carbonyl (C=O) groups excluding carboxylic acids is 2. The molecule has 0 heterocycles. The van der Waals surface area contributed by atoms with Gasteiger partial charge in [0, 0.05) is 30.4 Å². The number of hydrogen-bond donors (Lipinski definition) is 3. The third kappa shape index (κ3) is 6.61. The molecule has 0 bridgehead atoms. The normalized spacial score (nSPS) is 13.8. The quantitative estimate of drug-likeness (QED) is 0.548. The molecule has 9 heteroatoms. The Hall–Kier alpha value is -2.75. The second-order valence-electron chi connectivity index (χ2n) is 7.88. The van der Waals surface area contributed by atoms with Crippen molar-refractivity contribution >= 4 is 33.2 Å². The van der Waals surface area contributed by atoms with Gasteiger partial charge in [0.05, 0.1) is 11.4 Å². The van der Waals surface area contributed by atoms with Gasteiger partial charge in [0.15, 0.2) is 0 Å². The number of nitrogens with one attached hydrogen (secondary N) is 2. The van der Waals surface area contributed by atoms with Crippen molar-refractivity contribution in [3.63, 3.8) is 0 Å². The number of nitrogens with zero attached hydrogens (tertiary/aromatic N) is 1. The number of primary sulfonamides is 1. The topological polar surface area (TPSA) is 122 Å². The first-order valence-electron chi connectivity index (χ1n) is 10.2. The van der Waals surface area contributed by atoms with Crippen molar-refractivity contribution in [3.8, 4) is 0 Å². The summed E-state index contributed by atoms with van der Waals surface area (Å²) in [5.74, 6) is -0.299. The molecule has 0 atom stereocenters. The van der Waals surface area contributed by atoms with Crippen molar-refractivity contribution in [1.29, 1.82) is 0 Å². The van der Waals surface area contributed by atoms with E-state index in [0.29, 0.717) is 18.3 Å². The zero-order valence-electron chi connectivity index (χ0n) is 17.7. The molecule has 2 aromatic carbocycles. The fourth-order valence-electron chi connectivity index (χ4n) is 3.40. The third-order valence-electron chi connectivity index (χ3n) is 5.25. The van der Waals surface area contributed by atoms with Crippen LogP contribution in [0.1, 0.15) is 30.4 Å². The molecule has 1 fully saturated rings. The molecular formula is C22H28N4O4S.